The number of nitrogens with one attached hydrogen (secondary N) is 1. The largest absolute Gasteiger partial charge is 0.329 e. The molecular formula is C5H13N3S. The van der Waals surface area contributed by atoms with Crippen LogP contribution in [0.25, 0.3) is 0 Å². The number of isothiocyanates is 1. The zero-order valence-corrected chi connectivity index (χ0v) is 6.59. The maximum atomic E-state index is 5.77. The van der Waals surface area contributed by atoms with Gasteiger partial charge in [-0.15, -0.1) is 0 Å². The summed E-state index contributed by atoms with van der Waals surface area (Å²) in [5.74, 6) is 0. The minimum atomic E-state index is -0.181. The van der Waals surface area contributed by atoms with Gasteiger partial charge in [0.15, 0.2) is 0 Å². The molecule has 0 amide bonds. The summed E-state index contributed by atoms with van der Waals surface area (Å²) in [5, 5.41) is 7.36. The summed E-state index contributed by atoms with van der Waals surface area (Å²) in [6.45, 7) is 4.34. The fourth-order valence-electron chi connectivity index (χ4n) is 0. The van der Waals surface area contributed by atoms with Crippen molar-refractivity contribution in [2.45, 2.75) is 19.4 Å². The number of hydrogen-bond acceptors (Lipinski definition) is 4. The van der Waals surface area contributed by atoms with E-state index in [4.69, 9.17) is 16.9 Å². The summed E-state index contributed by atoms with van der Waals surface area (Å²) in [6.07, 6.45) is 0. The predicted molar refractivity (Wildman–Crippen MR) is 42.6 cm³/mol. The second-order valence-electron chi connectivity index (χ2n) is 2.29. The van der Waals surface area contributed by atoms with Gasteiger partial charge in [0.05, 0.1) is 5.16 Å². The highest BCUT2D eigenvalue weighted by molar-refractivity contribution is 7.78. The van der Waals surface area contributed by atoms with Crippen LogP contribution in [0, 0.1) is 5.41 Å². The highest BCUT2D eigenvalue weighted by atomic mass is 32.1. The first-order valence-corrected chi connectivity index (χ1v) is 2.91. The lowest BCUT2D eigenvalue weighted by Crippen LogP contribution is -2.40. The van der Waals surface area contributed by atoms with E-state index >= 15 is 0 Å². The lowest BCUT2D eigenvalue weighted by Gasteiger charge is -2.13. The van der Waals surface area contributed by atoms with Crippen molar-refractivity contribution >= 4 is 17.4 Å². The van der Waals surface area contributed by atoms with Crippen LogP contribution in [-0.2, 0) is 0 Å². The minimum absolute atomic E-state index is 0.181. The molecule has 0 heterocycles. The molecule has 9 heavy (non-hydrogen) atoms. The molecule has 0 spiro atoms. The minimum Gasteiger partial charge on any atom is -0.329 e. The van der Waals surface area contributed by atoms with Crippen molar-refractivity contribution < 1.29 is 0 Å². The number of thiocarbonyl (C=S) groups is 1. The van der Waals surface area contributed by atoms with E-state index in [9.17, 15) is 0 Å². The second kappa shape index (κ2) is 5.85. The molecule has 0 aromatic carbocycles. The fourth-order valence-corrected chi connectivity index (χ4v) is 0. The van der Waals surface area contributed by atoms with Crippen LogP contribution in [0.5, 0.6) is 0 Å². The van der Waals surface area contributed by atoms with Crippen molar-refractivity contribution in [2.75, 3.05) is 6.54 Å². The van der Waals surface area contributed by atoms with E-state index in [1.54, 1.807) is 5.16 Å². The number of hydrogen-bond donors (Lipinski definition) is 3. The third-order valence-electron chi connectivity index (χ3n) is 0.526. The smallest absolute Gasteiger partial charge is 0.0554 e. The Morgan fingerprint density at radius 2 is 1.78 bits per heavy atom. The Morgan fingerprint density at radius 3 is 1.78 bits per heavy atom. The third kappa shape index (κ3) is 34.1. The van der Waals surface area contributed by atoms with E-state index in [1.165, 1.54) is 0 Å². The number of rotatable bonds is 1. The van der Waals surface area contributed by atoms with Gasteiger partial charge in [-0.25, -0.2) is 5.41 Å². The average Bonchev–Trinajstić information content (AvgIpc) is 1.67. The molecule has 0 saturated carbocycles. The van der Waals surface area contributed by atoms with Crippen LogP contribution in [0.1, 0.15) is 13.8 Å². The van der Waals surface area contributed by atoms with Crippen molar-refractivity contribution in [3.63, 3.8) is 0 Å². The molecule has 0 fully saturated rings. The van der Waals surface area contributed by atoms with Gasteiger partial charge in [0.25, 0.3) is 0 Å². The molecule has 4 heteroatoms. The van der Waals surface area contributed by atoms with Gasteiger partial charge in [-0.1, -0.05) is 0 Å². The molecule has 0 aliphatic heterocycles. The Morgan fingerprint density at radius 1 is 1.67 bits per heavy atom. The van der Waals surface area contributed by atoms with Gasteiger partial charge in [-0.2, -0.15) is 0 Å². The van der Waals surface area contributed by atoms with Gasteiger partial charge in [0, 0.05) is 12.1 Å². The molecule has 0 saturated heterocycles. The topological polar surface area (TPSA) is 75.9 Å². The number of nitrogens with two attached hydrogens (primary N) is 2. The van der Waals surface area contributed by atoms with Crippen LogP contribution in [0.15, 0.2) is 0 Å². The van der Waals surface area contributed by atoms with Gasteiger partial charge < -0.3 is 11.5 Å². The molecule has 0 rings (SSSR count). The monoisotopic (exact) mass is 147 g/mol. The Balaban J connectivity index is 0. The molecule has 3 nitrogen and oxygen atoms in total. The molecule has 5 N–H and O–H groups in total. The standard InChI is InChI=1S/C4H12N2.CHNS/c1-4(2,6)3-5;2-1-3/h3,5-6H2,1-2H3;2H. The molecule has 0 aliphatic rings. The Bertz CT molecular complexity index is 88.9. The summed E-state index contributed by atoms with van der Waals surface area (Å²) in [5.41, 5.74) is 10.4. The van der Waals surface area contributed by atoms with Gasteiger partial charge in [0.2, 0.25) is 0 Å². The molecular weight excluding hydrogens is 134 g/mol. The quantitative estimate of drug-likeness (QED) is 0.370. The third-order valence-corrected chi connectivity index (χ3v) is 0.526. The van der Waals surface area contributed by atoms with Gasteiger partial charge in [-0.3, -0.25) is 0 Å². The van der Waals surface area contributed by atoms with Crippen molar-refractivity contribution in [1.29, 1.82) is 5.41 Å². The van der Waals surface area contributed by atoms with Crippen LogP contribution < -0.4 is 11.5 Å². The molecule has 0 aromatic rings. The predicted octanol–water partition coefficient (Wildman–Crippen LogP) is 0.350. The molecule has 0 unspecified atom stereocenters. The lowest BCUT2D eigenvalue weighted by atomic mass is 10.1. The van der Waals surface area contributed by atoms with E-state index < -0.39 is 0 Å². The van der Waals surface area contributed by atoms with E-state index in [-0.39, 0.29) is 5.54 Å². The fraction of sp³-hybridized carbons (Fsp3) is 0.800. The Kier molecular flexibility index (Phi) is 7.48. The first-order chi connectivity index (χ1) is 3.97. The van der Waals surface area contributed by atoms with Crippen molar-refractivity contribution in [1.82, 2.24) is 0 Å². The van der Waals surface area contributed by atoms with Crippen LogP contribution >= 0.6 is 12.2 Å². The van der Waals surface area contributed by atoms with E-state index in [0.29, 0.717) is 6.54 Å². The summed E-state index contributed by atoms with van der Waals surface area (Å²) >= 11 is 3.81. The lowest BCUT2D eigenvalue weighted by molar-refractivity contribution is 0.532. The summed E-state index contributed by atoms with van der Waals surface area (Å²) in [7, 11) is 0. The first-order valence-electron chi connectivity index (χ1n) is 2.50. The molecule has 0 atom stereocenters. The Labute approximate surface area is 60.9 Å². The SMILES string of the molecule is CC(C)(N)CN.N=C=S. The zero-order valence-electron chi connectivity index (χ0n) is 5.77. The van der Waals surface area contributed by atoms with Crippen LogP contribution in [0.3, 0.4) is 0 Å². The van der Waals surface area contributed by atoms with Crippen molar-refractivity contribution in [3.05, 3.63) is 0 Å². The van der Waals surface area contributed by atoms with Crippen LogP contribution in [0.2, 0.25) is 0 Å². The maximum absolute atomic E-state index is 5.77. The average molecular weight is 147 g/mol. The normalized spacial score (nSPS) is 8.89. The molecule has 0 aromatic heterocycles. The summed E-state index contributed by atoms with van der Waals surface area (Å²) in [6, 6.07) is 0. The Hall–Kier alpha value is -0.280. The van der Waals surface area contributed by atoms with Crippen LogP contribution in [-0.4, -0.2) is 17.2 Å². The zero-order chi connectivity index (χ0) is 7.91. The van der Waals surface area contributed by atoms with Crippen molar-refractivity contribution in [2.24, 2.45) is 11.5 Å². The van der Waals surface area contributed by atoms with Gasteiger partial charge in [0.1, 0.15) is 0 Å². The van der Waals surface area contributed by atoms with Gasteiger partial charge >= 0.3 is 0 Å². The maximum Gasteiger partial charge on any atom is 0.0554 e. The molecule has 0 bridgehead atoms. The van der Waals surface area contributed by atoms with E-state index in [0.717, 1.165) is 0 Å². The van der Waals surface area contributed by atoms with Crippen LogP contribution in [0.4, 0.5) is 0 Å². The molecule has 0 radical (unpaired) electrons. The van der Waals surface area contributed by atoms with Gasteiger partial charge in [-0.05, 0) is 26.1 Å². The van der Waals surface area contributed by atoms with E-state index in [2.05, 4.69) is 12.2 Å². The highest BCUT2D eigenvalue weighted by Gasteiger charge is 2.04. The van der Waals surface area contributed by atoms with E-state index in [1.807, 2.05) is 13.8 Å². The second-order valence-corrected chi connectivity index (χ2v) is 2.50. The molecule has 54 valence electrons. The summed E-state index contributed by atoms with van der Waals surface area (Å²) < 4.78 is 0. The summed E-state index contributed by atoms with van der Waals surface area (Å²) in [4.78, 5) is 0. The molecule has 0 aliphatic carbocycles. The highest BCUT2D eigenvalue weighted by Crippen LogP contribution is 1.88. The first kappa shape index (κ1) is 11.5. The van der Waals surface area contributed by atoms with Crippen molar-refractivity contribution in [3.8, 4) is 0 Å².